The highest BCUT2D eigenvalue weighted by Gasteiger charge is 2.18. The second-order valence-corrected chi connectivity index (χ2v) is 6.03. The van der Waals surface area contributed by atoms with E-state index in [1.165, 1.54) is 0 Å². The highest BCUT2D eigenvalue weighted by Crippen LogP contribution is 2.24. The minimum atomic E-state index is -1.17. The highest BCUT2D eigenvalue weighted by molar-refractivity contribution is 9.10. The van der Waals surface area contributed by atoms with Gasteiger partial charge in [0.1, 0.15) is 23.4 Å². The van der Waals surface area contributed by atoms with Crippen LogP contribution in [0.2, 0.25) is 0 Å². The van der Waals surface area contributed by atoms with E-state index in [0.717, 1.165) is 16.6 Å². The van der Waals surface area contributed by atoms with Gasteiger partial charge >= 0.3 is 0 Å². The molecule has 25 heavy (non-hydrogen) atoms. The zero-order chi connectivity index (χ0) is 18.2. The Labute approximate surface area is 152 Å². The van der Waals surface area contributed by atoms with E-state index in [1.807, 2.05) is 18.2 Å². The number of nitriles is 1. The first-order valence-corrected chi connectivity index (χ1v) is 8.32. The lowest BCUT2D eigenvalue weighted by molar-refractivity contribution is -0.121. The first-order valence-electron chi connectivity index (χ1n) is 7.52. The molecule has 1 atom stereocenters. The van der Waals surface area contributed by atoms with E-state index >= 15 is 0 Å². The van der Waals surface area contributed by atoms with Crippen molar-refractivity contribution >= 4 is 21.8 Å². The normalized spacial score (nSPS) is 11.4. The molecule has 0 spiro atoms. The fourth-order valence-electron chi connectivity index (χ4n) is 2.12. The molecule has 0 radical (unpaired) electrons. The van der Waals surface area contributed by atoms with Crippen LogP contribution in [0.1, 0.15) is 24.4 Å². The summed E-state index contributed by atoms with van der Waals surface area (Å²) in [7, 11) is 0. The van der Waals surface area contributed by atoms with Crippen molar-refractivity contribution < 1.29 is 18.3 Å². The molecule has 0 fully saturated rings. The van der Waals surface area contributed by atoms with Crippen molar-refractivity contribution in [2.75, 3.05) is 6.61 Å². The largest absolute Gasteiger partial charge is 0.492 e. The zero-order valence-electron chi connectivity index (χ0n) is 13.1. The van der Waals surface area contributed by atoms with Crippen molar-refractivity contribution in [1.29, 1.82) is 5.26 Å². The number of carbonyl (C=O) groups excluding carboxylic acids is 1. The van der Waals surface area contributed by atoms with E-state index in [9.17, 15) is 13.6 Å². The molecule has 4 nitrogen and oxygen atoms in total. The Balaban J connectivity index is 1.82. The number of ether oxygens (including phenoxy) is 1. The van der Waals surface area contributed by atoms with Gasteiger partial charge in [-0.2, -0.15) is 5.26 Å². The molecule has 0 saturated carbocycles. The maximum absolute atomic E-state index is 13.7. The van der Waals surface area contributed by atoms with Gasteiger partial charge in [0, 0.05) is 18.1 Å². The number of nitrogens with zero attached hydrogens (tertiary/aromatic N) is 1. The summed E-state index contributed by atoms with van der Waals surface area (Å²) in [5.41, 5.74) is -0.0679. The summed E-state index contributed by atoms with van der Waals surface area (Å²) in [4.78, 5) is 11.9. The van der Waals surface area contributed by atoms with Gasteiger partial charge in [0.15, 0.2) is 0 Å². The average molecular weight is 409 g/mol. The van der Waals surface area contributed by atoms with E-state index in [4.69, 9.17) is 10.00 Å². The summed E-state index contributed by atoms with van der Waals surface area (Å²) < 4.78 is 33.0. The van der Waals surface area contributed by atoms with Gasteiger partial charge in [0.2, 0.25) is 5.91 Å². The van der Waals surface area contributed by atoms with Crippen molar-refractivity contribution in [3.63, 3.8) is 0 Å². The van der Waals surface area contributed by atoms with Gasteiger partial charge in [-0.15, -0.1) is 0 Å². The Hall–Kier alpha value is -2.46. The van der Waals surface area contributed by atoms with Crippen LogP contribution >= 0.6 is 15.9 Å². The topological polar surface area (TPSA) is 62.1 Å². The van der Waals surface area contributed by atoms with Gasteiger partial charge in [-0.05, 0) is 40.5 Å². The third-order valence-corrected chi connectivity index (χ3v) is 4.01. The third-order valence-electron chi connectivity index (χ3n) is 3.35. The summed E-state index contributed by atoms with van der Waals surface area (Å²) in [6, 6.07) is 10.8. The summed E-state index contributed by atoms with van der Waals surface area (Å²) in [6.45, 7) is 0.318. The molecule has 0 saturated heterocycles. The fourth-order valence-corrected chi connectivity index (χ4v) is 2.52. The maximum atomic E-state index is 13.7. The first-order chi connectivity index (χ1) is 12.0. The number of nitrogens with one attached hydrogen (secondary N) is 1. The smallest absolute Gasteiger partial charge is 0.221 e. The van der Waals surface area contributed by atoms with Crippen LogP contribution in [0.3, 0.4) is 0 Å². The minimum absolute atomic E-state index is 0.0679. The fraction of sp³-hybridized carbons (Fsp3) is 0.222. The summed E-state index contributed by atoms with van der Waals surface area (Å²) in [6.07, 6.45) is 0.544. The SMILES string of the molecule is N#CC(NC(=O)CCCOc1ccccc1Br)c1ccc(F)cc1F. The molecule has 1 unspecified atom stereocenters. The average Bonchev–Trinajstić information content (AvgIpc) is 2.58. The molecule has 0 heterocycles. The second-order valence-electron chi connectivity index (χ2n) is 5.18. The van der Waals surface area contributed by atoms with Crippen LogP contribution in [0.4, 0.5) is 8.78 Å². The van der Waals surface area contributed by atoms with Gasteiger partial charge in [-0.1, -0.05) is 18.2 Å². The Kier molecular flexibility index (Phi) is 6.90. The van der Waals surface area contributed by atoms with Crippen molar-refractivity contribution in [3.8, 4) is 11.8 Å². The number of hydrogen-bond acceptors (Lipinski definition) is 3. The van der Waals surface area contributed by atoms with Crippen LogP contribution in [0.5, 0.6) is 5.75 Å². The molecule has 0 aliphatic heterocycles. The van der Waals surface area contributed by atoms with Crippen LogP contribution in [0.15, 0.2) is 46.9 Å². The lowest BCUT2D eigenvalue weighted by Crippen LogP contribution is -2.28. The van der Waals surface area contributed by atoms with Crippen molar-refractivity contribution in [2.45, 2.75) is 18.9 Å². The van der Waals surface area contributed by atoms with E-state index < -0.39 is 23.6 Å². The highest BCUT2D eigenvalue weighted by atomic mass is 79.9. The molecule has 2 rings (SSSR count). The summed E-state index contributed by atoms with van der Waals surface area (Å²) >= 11 is 3.35. The molecule has 0 aromatic heterocycles. The minimum Gasteiger partial charge on any atom is -0.492 e. The molecular weight excluding hydrogens is 394 g/mol. The predicted octanol–water partition coefficient (Wildman–Crippen LogP) is 4.27. The molecular formula is C18H15BrF2N2O2. The second kappa shape index (κ2) is 9.14. The number of amides is 1. The Morgan fingerprint density at radius 1 is 1.28 bits per heavy atom. The molecule has 1 amide bonds. The molecule has 7 heteroatoms. The number of halogens is 3. The molecule has 0 aliphatic carbocycles. The van der Waals surface area contributed by atoms with Gasteiger partial charge in [0.05, 0.1) is 17.1 Å². The number of para-hydroxylation sites is 1. The van der Waals surface area contributed by atoms with E-state index in [2.05, 4.69) is 21.2 Å². The Morgan fingerprint density at radius 2 is 2.04 bits per heavy atom. The first kappa shape index (κ1) is 18.9. The molecule has 2 aromatic rings. The van der Waals surface area contributed by atoms with Gasteiger partial charge in [-0.3, -0.25) is 4.79 Å². The molecule has 2 aromatic carbocycles. The number of carbonyl (C=O) groups is 1. The number of hydrogen-bond donors (Lipinski definition) is 1. The molecule has 0 aliphatic rings. The molecule has 130 valence electrons. The van der Waals surface area contributed by atoms with Crippen molar-refractivity contribution in [2.24, 2.45) is 0 Å². The predicted molar refractivity (Wildman–Crippen MR) is 91.7 cm³/mol. The van der Waals surface area contributed by atoms with Gasteiger partial charge in [0.25, 0.3) is 0 Å². The number of rotatable bonds is 7. The standard InChI is InChI=1S/C18H15BrF2N2O2/c19-14-4-1-2-5-17(14)25-9-3-6-18(24)23-16(11-22)13-8-7-12(20)10-15(13)21/h1-2,4-5,7-8,10,16H,3,6,9H2,(H,23,24). The third kappa shape index (κ3) is 5.54. The van der Waals surface area contributed by atoms with E-state index in [-0.39, 0.29) is 12.0 Å². The summed E-state index contributed by atoms with van der Waals surface area (Å²) in [5, 5.41) is 11.5. The van der Waals surface area contributed by atoms with Crippen LogP contribution in [-0.4, -0.2) is 12.5 Å². The zero-order valence-corrected chi connectivity index (χ0v) is 14.7. The van der Waals surface area contributed by atoms with Crippen LogP contribution < -0.4 is 10.1 Å². The lowest BCUT2D eigenvalue weighted by Gasteiger charge is -2.13. The summed E-state index contributed by atoms with van der Waals surface area (Å²) in [5.74, 6) is -1.35. The van der Waals surface area contributed by atoms with Crippen LogP contribution in [-0.2, 0) is 4.79 Å². The number of benzene rings is 2. The molecule has 1 N–H and O–H groups in total. The quantitative estimate of drug-likeness (QED) is 0.695. The van der Waals surface area contributed by atoms with Crippen LogP contribution in [0, 0.1) is 23.0 Å². The van der Waals surface area contributed by atoms with E-state index in [0.29, 0.717) is 24.8 Å². The molecule has 0 bridgehead atoms. The van der Waals surface area contributed by atoms with Crippen molar-refractivity contribution in [1.82, 2.24) is 5.32 Å². The lowest BCUT2D eigenvalue weighted by atomic mass is 10.1. The Bertz CT molecular complexity index is 793. The van der Waals surface area contributed by atoms with Crippen LogP contribution in [0.25, 0.3) is 0 Å². The van der Waals surface area contributed by atoms with E-state index in [1.54, 1.807) is 12.1 Å². The van der Waals surface area contributed by atoms with Gasteiger partial charge < -0.3 is 10.1 Å². The maximum Gasteiger partial charge on any atom is 0.221 e. The monoisotopic (exact) mass is 408 g/mol. The Morgan fingerprint density at radius 3 is 2.72 bits per heavy atom. The van der Waals surface area contributed by atoms with Crippen molar-refractivity contribution in [3.05, 3.63) is 64.1 Å². The van der Waals surface area contributed by atoms with Gasteiger partial charge in [-0.25, -0.2) is 8.78 Å².